The van der Waals surface area contributed by atoms with Gasteiger partial charge in [0.2, 0.25) is 0 Å². The summed E-state index contributed by atoms with van der Waals surface area (Å²) in [7, 11) is 0. The van der Waals surface area contributed by atoms with Crippen LogP contribution >= 0.6 is 0 Å². The van der Waals surface area contributed by atoms with Crippen molar-refractivity contribution in [3.63, 3.8) is 0 Å². The van der Waals surface area contributed by atoms with E-state index in [0.717, 1.165) is 36.2 Å². The van der Waals surface area contributed by atoms with Crippen molar-refractivity contribution in [1.82, 2.24) is 0 Å². The Morgan fingerprint density at radius 1 is 1.00 bits per heavy atom. The Morgan fingerprint density at radius 2 is 1.77 bits per heavy atom. The van der Waals surface area contributed by atoms with Crippen molar-refractivity contribution in [3.05, 3.63) is 89.2 Å². The summed E-state index contributed by atoms with van der Waals surface area (Å²) in [5, 5.41) is 9.87. The minimum absolute atomic E-state index is 0.0978. The molecule has 1 fully saturated rings. The molecule has 4 nitrogen and oxygen atoms in total. The van der Waals surface area contributed by atoms with Gasteiger partial charge in [-0.15, -0.1) is 0 Å². The number of anilines is 1. The van der Waals surface area contributed by atoms with Crippen LogP contribution in [0.1, 0.15) is 28.5 Å². The monoisotopic (exact) mass is 403 g/mol. The second-order valence-electron chi connectivity index (χ2n) is 8.03. The van der Waals surface area contributed by atoms with E-state index in [9.17, 15) is 14.3 Å². The van der Waals surface area contributed by atoms with Gasteiger partial charge in [-0.05, 0) is 35.4 Å². The average molecular weight is 403 g/mol. The van der Waals surface area contributed by atoms with Crippen LogP contribution in [-0.4, -0.2) is 31.1 Å². The molecule has 0 aromatic heterocycles. The summed E-state index contributed by atoms with van der Waals surface area (Å²) in [6, 6.07) is 20.2. The quantitative estimate of drug-likeness (QED) is 0.653. The molecule has 30 heavy (non-hydrogen) atoms. The molecule has 5 heteroatoms. The van der Waals surface area contributed by atoms with Crippen LogP contribution in [0.3, 0.4) is 0 Å². The lowest BCUT2D eigenvalue weighted by atomic mass is 9.75. The van der Waals surface area contributed by atoms with Crippen molar-refractivity contribution in [1.29, 1.82) is 0 Å². The SMILES string of the molecule is O=CC1CN(c2ccc(C3c4ccc(O)cc4OCC3c3ccccc3F)cc2)C1. The molecule has 2 atom stereocenters. The van der Waals surface area contributed by atoms with E-state index in [0.29, 0.717) is 17.9 Å². The molecule has 2 aliphatic rings. The van der Waals surface area contributed by atoms with Gasteiger partial charge in [-0.25, -0.2) is 4.39 Å². The van der Waals surface area contributed by atoms with Crippen LogP contribution in [0.2, 0.25) is 0 Å². The molecule has 0 amide bonds. The van der Waals surface area contributed by atoms with Crippen molar-refractivity contribution in [2.24, 2.45) is 5.92 Å². The molecule has 3 aromatic carbocycles. The zero-order chi connectivity index (χ0) is 20.7. The van der Waals surface area contributed by atoms with E-state index in [-0.39, 0.29) is 29.3 Å². The summed E-state index contributed by atoms with van der Waals surface area (Å²) in [6.07, 6.45) is 1.01. The van der Waals surface area contributed by atoms with Gasteiger partial charge >= 0.3 is 0 Å². The normalized spacial score (nSPS) is 20.8. The molecule has 2 heterocycles. The molecule has 2 unspecified atom stereocenters. The molecular weight excluding hydrogens is 381 g/mol. The van der Waals surface area contributed by atoms with E-state index < -0.39 is 0 Å². The molecule has 152 valence electrons. The largest absolute Gasteiger partial charge is 0.508 e. The predicted octanol–water partition coefficient (Wildman–Crippen LogP) is 4.47. The highest BCUT2D eigenvalue weighted by atomic mass is 19.1. The van der Waals surface area contributed by atoms with Crippen LogP contribution < -0.4 is 9.64 Å². The molecule has 1 saturated heterocycles. The second-order valence-corrected chi connectivity index (χ2v) is 8.03. The Labute approximate surface area is 174 Å². The van der Waals surface area contributed by atoms with Crippen LogP contribution in [0.4, 0.5) is 10.1 Å². The van der Waals surface area contributed by atoms with Crippen LogP contribution in [-0.2, 0) is 4.79 Å². The average Bonchev–Trinajstić information content (AvgIpc) is 2.73. The highest BCUT2D eigenvalue weighted by molar-refractivity contribution is 5.63. The minimum atomic E-state index is -0.240. The number of aldehydes is 1. The lowest BCUT2D eigenvalue weighted by Crippen LogP contribution is -2.47. The standard InChI is InChI=1S/C25H22FNO3/c26-23-4-2-1-3-20(23)22-15-30-24-11-19(29)9-10-21(24)25(22)17-5-7-18(8-6-17)27-12-16(13-27)14-28/h1-11,14,16,22,25,29H,12-13,15H2. The first-order chi connectivity index (χ1) is 14.6. The number of hydrogen-bond donors (Lipinski definition) is 1. The Kier molecular flexibility index (Phi) is 4.66. The van der Waals surface area contributed by atoms with E-state index in [1.54, 1.807) is 18.2 Å². The van der Waals surface area contributed by atoms with Gasteiger partial charge in [-0.3, -0.25) is 0 Å². The summed E-state index contributed by atoms with van der Waals surface area (Å²) in [6.45, 7) is 1.83. The van der Waals surface area contributed by atoms with Gasteiger partial charge < -0.3 is 19.5 Å². The molecule has 0 spiro atoms. The van der Waals surface area contributed by atoms with Gasteiger partial charge in [0.1, 0.15) is 23.6 Å². The van der Waals surface area contributed by atoms with E-state index in [1.165, 1.54) is 6.07 Å². The fourth-order valence-electron chi connectivity index (χ4n) is 4.56. The Balaban J connectivity index is 1.53. The van der Waals surface area contributed by atoms with Gasteiger partial charge in [0.15, 0.2) is 0 Å². The van der Waals surface area contributed by atoms with Crippen molar-refractivity contribution < 1.29 is 19.0 Å². The lowest BCUT2D eigenvalue weighted by Gasteiger charge is -2.38. The number of aromatic hydroxyl groups is 1. The Morgan fingerprint density at radius 3 is 2.50 bits per heavy atom. The molecule has 0 radical (unpaired) electrons. The first-order valence-electron chi connectivity index (χ1n) is 10.1. The number of phenolic OH excluding ortho intramolecular Hbond substituents is 1. The van der Waals surface area contributed by atoms with E-state index in [1.807, 2.05) is 18.2 Å². The third-order valence-corrected chi connectivity index (χ3v) is 6.18. The fraction of sp³-hybridized carbons (Fsp3) is 0.240. The zero-order valence-electron chi connectivity index (χ0n) is 16.4. The number of halogens is 1. The maximum absolute atomic E-state index is 14.7. The summed E-state index contributed by atoms with van der Waals surface area (Å²) in [5.74, 6) is 0.375. The number of nitrogens with zero attached hydrogens (tertiary/aromatic N) is 1. The van der Waals surface area contributed by atoms with Crippen LogP contribution in [0, 0.1) is 11.7 Å². The number of phenols is 1. The number of fused-ring (bicyclic) bond motifs is 1. The zero-order valence-corrected chi connectivity index (χ0v) is 16.4. The maximum atomic E-state index is 14.7. The predicted molar refractivity (Wildman–Crippen MR) is 113 cm³/mol. The summed E-state index contributed by atoms with van der Waals surface area (Å²) in [4.78, 5) is 13.1. The third-order valence-electron chi connectivity index (χ3n) is 6.18. The van der Waals surface area contributed by atoms with Gasteiger partial charge in [0.05, 0.1) is 6.61 Å². The molecule has 1 N–H and O–H groups in total. The first kappa shape index (κ1) is 18.7. The number of carbonyl (C=O) groups excluding carboxylic acids is 1. The molecular formula is C25H22FNO3. The van der Waals surface area contributed by atoms with Crippen LogP contribution in [0.5, 0.6) is 11.5 Å². The second kappa shape index (κ2) is 7.48. The molecule has 2 aliphatic heterocycles. The molecule has 3 aromatic rings. The van der Waals surface area contributed by atoms with Crippen LogP contribution in [0.25, 0.3) is 0 Å². The number of hydrogen-bond acceptors (Lipinski definition) is 4. The molecule has 5 rings (SSSR count). The van der Waals surface area contributed by atoms with Crippen molar-refractivity contribution in [2.75, 3.05) is 24.6 Å². The van der Waals surface area contributed by atoms with Gasteiger partial charge in [-0.1, -0.05) is 36.4 Å². The maximum Gasteiger partial charge on any atom is 0.126 e. The first-order valence-corrected chi connectivity index (χ1v) is 10.1. The Hall–Kier alpha value is -3.34. The Bertz CT molecular complexity index is 1080. The van der Waals surface area contributed by atoms with Crippen molar-refractivity contribution in [3.8, 4) is 11.5 Å². The van der Waals surface area contributed by atoms with Gasteiger partial charge in [0.25, 0.3) is 0 Å². The number of rotatable bonds is 4. The smallest absolute Gasteiger partial charge is 0.126 e. The highest BCUT2D eigenvalue weighted by Crippen LogP contribution is 2.47. The topological polar surface area (TPSA) is 49.8 Å². The van der Waals surface area contributed by atoms with E-state index >= 15 is 0 Å². The number of carbonyl (C=O) groups is 1. The highest BCUT2D eigenvalue weighted by Gasteiger charge is 2.35. The lowest BCUT2D eigenvalue weighted by molar-refractivity contribution is -0.111. The fourth-order valence-corrected chi connectivity index (χ4v) is 4.56. The van der Waals surface area contributed by atoms with Crippen LogP contribution in [0.15, 0.2) is 66.7 Å². The minimum Gasteiger partial charge on any atom is -0.508 e. The molecule has 0 aliphatic carbocycles. The van der Waals surface area contributed by atoms with E-state index in [4.69, 9.17) is 4.74 Å². The number of benzene rings is 3. The van der Waals surface area contributed by atoms with E-state index in [2.05, 4.69) is 29.2 Å². The van der Waals surface area contributed by atoms with Crippen molar-refractivity contribution >= 4 is 12.0 Å². The van der Waals surface area contributed by atoms with Gasteiger partial charge in [0, 0.05) is 48.2 Å². The summed E-state index contributed by atoms with van der Waals surface area (Å²) >= 11 is 0. The van der Waals surface area contributed by atoms with Crippen molar-refractivity contribution in [2.45, 2.75) is 11.8 Å². The third kappa shape index (κ3) is 3.20. The number of ether oxygens (including phenoxy) is 1. The summed E-state index contributed by atoms with van der Waals surface area (Å²) in [5.41, 5.74) is 3.71. The summed E-state index contributed by atoms with van der Waals surface area (Å²) < 4.78 is 20.6. The van der Waals surface area contributed by atoms with Gasteiger partial charge in [-0.2, -0.15) is 0 Å². The molecule has 0 bridgehead atoms. The molecule has 0 saturated carbocycles.